The molecule has 0 radical (unpaired) electrons. The molecular weight excluding hydrogens is 496 g/mol. The second-order valence-electron chi connectivity index (χ2n) is 8.02. The second kappa shape index (κ2) is 10.3. The van der Waals surface area contributed by atoms with E-state index >= 15 is 0 Å². The Morgan fingerprint density at radius 1 is 1.03 bits per heavy atom. The molecule has 0 aliphatic carbocycles. The van der Waals surface area contributed by atoms with Gasteiger partial charge in [-0.15, -0.1) is 11.3 Å². The lowest BCUT2D eigenvalue weighted by Crippen LogP contribution is -2.18. The number of aromatic nitrogens is 1. The number of benzene rings is 2. The van der Waals surface area contributed by atoms with Crippen molar-refractivity contribution in [3.63, 3.8) is 0 Å². The Morgan fingerprint density at radius 3 is 2.44 bits per heavy atom. The van der Waals surface area contributed by atoms with Crippen LogP contribution in [0.3, 0.4) is 0 Å². The Kier molecular flexibility index (Phi) is 7.20. The predicted octanol–water partition coefficient (Wildman–Crippen LogP) is 4.28. The molecule has 10 heteroatoms. The van der Waals surface area contributed by atoms with E-state index in [0.717, 1.165) is 25.7 Å². The van der Waals surface area contributed by atoms with E-state index in [4.69, 9.17) is 11.5 Å². The molecule has 0 bridgehead atoms. The summed E-state index contributed by atoms with van der Waals surface area (Å²) in [4.78, 5) is 24.4. The topological polar surface area (TPSA) is 137 Å². The minimum absolute atomic E-state index is 0.130. The minimum atomic E-state index is -3.81. The van der Waals surface area contributed by atoms with Crippen LogP contribution in [0.4, 0.5) is 11.4 Å². The summed E-state index contributed by atoms with van der Waals surface area (Å²) >= 11 is 1.14. The molecule has 36 heavy (non-hydrogen) atoms. The number of nitrogens with zero attached hydrogens (tertiary/aromatic N) is 1. The number of carbonyl (C=O) groups is 2. The SMILES string of the molecule is CC(=O)C(N)c1ccc(-c2ccc(S(=O)(=O)n3ccc(/C=C/C(=O)Nc4ccccc4N)c3)s2)cc1. The average molecular weight is 521 g/mol. The maximum Gasteiger partial charge on any atom is 0.277 e. The molecule has 4 rings (SSSR count). The van der Waals surface area contributed by atoms with Crippen LogP contribution in [0.2, 0.25) is 0 Å². The van der Waals surface area contributed by atoms with Crippen LogP contribution in [-0.4, -0.2) is 24.1 Å². The molecule has 184 valence electrons. The van der Waals surface area contributed by atoms with Crippen LogP contribution >= 0.6 is 11.3 Å². The zero-order chi connectivity index (χ0) is 25.9. The zero-order valence-electron chi connectivity index (χ0n) is 19.3. The standard InChI is InChI=1S/C26H24N4O4S2/c1-17(31)26(28)20-9-7-19(8-10-20)23-11-13-25(35-23)36(33,34)30-15-14-18(16-30)6-12-24(32)29-22-5-3-2-4-21(22)27/h2-16,26H,27-28H2,1H3,(H,29,32)/b12-6+. The molecule has 0 saturated carbocycles. The van der Waals surface area contributed by atoms with Gasteiger partial charge in [-0.3, -0.25) is 9.59 Å². The summed E-state index contributed by atoms with van der Waals surface area (Å²) in [6.45, 7) is 1.44. The predicted molar refractivity (Wildman–Crippen MR) is 143 cm³/mol. The number of Topliss-reactive ketones (excluding diaryl/α,β-unsaturated/α-hetero) is 1. The van der Waals surface area contributed by atoms with Gasteiger partial charge in [0.1, 0.15) is 4.21 Å². The van der Waals surface area contributed by atoms with Crippen molar-refractivity contribution in [2.24, 2.45) is 5.73 Å². The van der Waals surface area contributed by atoms with Gasteiger partial charge in [0.05, 0.1) is 17.4 Å². The van der Waals surface area contributed by atoms with Crippen molar-refractivity contribution in [1.82, 2.24) is 3.97 Å². The third kappa shape index (κ3) is 5.46. The highest BCUT2D eigenvalue weighted by Gasteiger charge is 2.20. The molecule has 0 aliphatic rings. The molecule has 5 N–H and O–H groups in total. The van der Waals surface area contributed by atoms with Gasteiger partial charge in [0, 0.05) is 23.3 Å². The monoisotopic (exact) mass is 520 g/mol. The van der Waals surface area contributed by atoms with Gasteiger partial charge in [-0.1, -0.05) is 36.4 Å². The van der Waals surface area contributed by atoms with E-state index in [9.17, 15) is 18.0 Å². The van der Waals surface area contributed by atoms with Crippen molar-refractivity contribution >= 4 is 50.5 Å². The Bertz CT molecular complexity index is 1550. The van der Waals surface area contributed by atoms with E-state index < -0.39 is 16.1 Å². The Labute approximate surface area is 212 Å². The molecule has 1 atom stereocenters. The third-order valence-electron chi connectivity index (χ3n) is 5.44. The summed E-state index contributed by atoms with van der Waals surface area (Å²) in [7, 11) is -3.81. The number of para-hydroxylation sites is 2. The number of carbonyl (C=O) groups excluding carboxylic acids is 2. The van der Waals surface area contributed by atoms with Crippen molar-refractivity contribution in [2.45, 2.75) is 17.2 Å². The van der Waals surface area contributed by atoms with Gasteiger partial charge in [0.25, 0.3) is 10.0 Å². The normalized spacial score (nSPS) is 12.5. The lowest BCUT2D eigenvalue weighted by atomic mass is 10.0. The first-order valence-corrected chi connectivity index (χ1v) is 13.1. The van der Waals surface area contributed by atoms with Crippen molar-refractivity contribution < 1.29 is 18.0 Å². The zero-order valence-corrected chi connectivity index (χ0v) is 20.9. The van der Waals surface area contributed by atoms with Gasteiger partial charge < -0.3 is 16.8 Å². The number of thiophene rings is 1. The number of amides is 1. The quantitative estimate of drug-likeness (QED) is 0.234. The molecule has 1 amide bonds. The van der Waals surface area contributed by atoms with E-state index in [1.165, 1.54) is 31.5 Å². The number of anilines is 2. The number of ketones is 1. The van der Waals surface area contributed by atoms with Crippen LogP contribution in [0.1, 0.15) is 24.1 Å². The van der Waals surface area contributed by atoms with Crippen LogP contribution in [0.15, 0.2) is 89.4 Å². The average Bonchev–Trinajstić information content (AvgIpc) is 3.55. The largest absolute Gasteiger partial charge is 0.397 e. The molecule has 1 unspecified atom stereocenters. The molecule has 4 aromatic rings. The van der Waals surface area contributed by atoms with Gasteiger partial charge >= 0.3 is 0 Å². The molecular formula is C26H24N4O4S2. The maximum absolute atomic E-state index is 13.1. The van der Waals surface area contributed by atoms with Gasteiger partial charge in [-0.25, -0.2) is 3.97 Å². The first-order chi connectivity index (χ1) is 17.1. The molecule has 0 fully saturated rings. The fourth-order valence-electron chi connectivity index (χ4n) is 3.41. The second-order valence-corrected chi connectivity index (χ2v) is 11.2. The fourth-order valence-corrected chi connectivity index (χ4v) is 6.03. The van der Waals surface area contributed by atoms with Crippen molar-refractivity contribution in [3.8, 4) is 10.4 Å². The summed E-state index contributed by atoms with van der Waals surface area (Å²) in [6, 6.07) is 18.3. The van der Waals surface area contributed by atoms with E-state index in [1.54, 1.807) is 54.6 Å². The summed E-state index contributed by atoms with van der Waals surface area (Å²) < 4.78 is 27.5. The van der Waals surface area contributed by atoms with E-state index in [-0.39, 0.29) is 15.9 Å². The summed E-state index contributed by atoms with van der Waals surface area (Å²) in [5.41, 5.74) is 14.7. The molecule has 8 nitrogen and oxygen atoms in total. The van der Waals surface area contributed by atoms with Crippen LogP contribution in [-0.2, 0) is 19.6 Å². The van der Waals surface area contributed by atoms with E-state index in [2.05, 4.69) is 5.32 Å². The van der Waals surface area contributed by atoms with E-state index in [0.29, 0.717) is 22.5 Å². The first-order valence-electron chi connectivity index (χ1n) is 10.9. The first kappa shape index (κ1) is 25.1. The van der Waals surface area contributed by atoms with Crippen LogP contribution < -0.4 is 16.8 Å². The molecule has 0 aliphatic heterocycles. The van der Waals surface area contributed by atoms with E-state index in [1.807, 2.05) is 12.1 Å². The van der Waals surface area contributed by atoms with Crippen LogP contribution in [0, 0.1) is 0 Å². The Balaban J connectivity index is 1.47. The highest BCUT2D eigenvalue weighted by atomic mass is 32.2. The van der Waals surface area contributed by atoms with Gasteiger partial charge in [-0.2, -0.15) is 8.42 Å². The highest BCUT2D eigenvalue weighted by Crippen LogP contribution is 2.32. The Hall–Kier alpha value is -3.99. The molecule has 2 heterocycles. The van der Waals surface area contributed by atoms with Crippen molar-refractivity contribution in [1.29, 1.82) is 0 Å². The summed E-state index contributed by atoms with van der Waals surface area (Å²) in [6.07, 6.45) is 5.70. The Morgan fingerprint density at radius 2 is 1.75 bits per heavy atom. The lowest BCUT2D eigenvalue weighted by molar-refractivity contribution is -0.118. The molecule has 2 aromatic heterocycles. The number of nitrogen functional groups attached to an aromatic ring is 1. The van der Waals surface area contributed by atoms with Crippen molar-refractivity contribution in [2.75, 3.05) is 11.1 Å². The van der Waals surface area contributed by atoms with Crippen LogP contribution in [0.5, 0.6) is 0 Å². The summed E-state index contributed by atoms with van der Waals surface area (Å²) in [5.74, 6) is -0.517. The number of hydrogen-bond acceptors (Lipinski definition) is 7. The van der Waals surface area contributed by atoms with Crippen molar-refractivity contribution in [3.05, 3.63) is 96.3 Å². The highest BCUT2D eigenvalue weighted by molar-refractivity contribution is 7.92. The van der Waals surface area contributed by atoms with Crippen LogP contribution in [0.25, 0.3) is 16.5 Å². The molecule has 0 spiro atoms. The number of hydrogen-bond donors (Lipinski definition) is 3. The van der Waals surface area contributed by atoms with Gasteiger partial charge in [0.2, 0.25) is 5.91 Å². The lowest BCUT2D eigenvalue weighted by Gasteiger charge is -2.08. The number of nitrogens with two attached hydrogens (primary N) is 2. The minimum Gasteiger partial charge on any atom is -0.397 e. The third-order valence-corrected chi connectivity index (χ3v) is 8.68. The van der Waals surface area contributed by atoms with Gasteiger partial charge in [-0.05, 0) is 60.0 Å². The smallest absolute Gasteiger partial charge is 0.277 e. The number of rotatable bonds is 8. The molecule has 0 saturated heterocycles. The summed E-state index contributed by atoms with van der Waals surface area (Å²) in [5, 5.41) is 2.68. The number of nitrogens with one attached hydrogen (secondary N) is 1. The fraction of sp³-hybridized carbons (Fsp3) is 0.0769. The van der Waals surface area contributed by atoms with Gasteiger partial charge in [0.15, 0.2) is 5.78 Å². The maximum atomic E-state index is 13.1. The molecule has 2 aromatic carbocycles.